The first-order valence-corrected chi connectivity index (χ1v) is 0.167. The number of hydrogen-bond donors (Lipinski definition) is 0. The molecule has 6 heavy (non-hydrogen) atoms. The Hall–Kier alpha value is 2.50. The molecule has 0 aromatic heterocycles. The van der Waals surface area contributed by atoms with E-state index >= 15 is 0 Å². The molecule has 0 aromatic carbocycles. The Labute approximate surface area is 93.0 Å². The molecule has 0 aliphatic carbocycles. The first-order chi connectivity index (χ1) is 1.00. The monoisotopic (exact) mass is 150 g/mol. The molecule has 0 radical (unpaired) electrons. The summed E-state index contributed by atoms with van der Waals surface area (Å²) in [6.07, 6.45) is 0. The summed E-state index contributed by atoms with van der Waals surface area (Å²) in [5, 5.41) is 14.0. The van der Waals surface area contributed by atoms with E-state index < -0.39 is 0 Å². The minimum absolute atomic E-state index is 0. The number of hydrogen-bond acceptors (Lipinski definition) is 2. The van der Waals surface area contributed by atoms with Crippen molar-refractivity contribution in [3.05, 3.63) is 0 Å². The fraction of sp³-hybridized carbons (Fsp3) is 0. The van der Waals surface area contributed by atoms with E-state index in [0.29, 0.717) is 0 Å². The molecule has 2 nitrogen and oxygen atoms in total. The largest absolute Gasteiger partial charge is 1.00 e. The molecule has 0 amide bonds. The second-order valence-corrected chi connectivity index (χ2v) is 0. The maximum absolute atomic E-state index is 7.00. The average Bonchev–Trinajstić information content (AvgIpc) is 1.00. The van der Waals surface area contributed by atoms with E-state index in [2.05, 4.69) is 0 Å². The molecule has 0 atom stereocenters. The zero-order valence-corrected chi connectivity index (χ0v) is 9.27. The predicted octanol–water partition coefficient (Wildman–Crippen LogP) is -7.53. The van der Waals surface area contributed by atoms with Gasteiger partial charge in [-0.2, -0.15) is 0 Å². The van der Waals surface area contributed by atoms with Crippen molar-refractivity contribution in [3.63, 3.8) is 0 Å². The van der Waals surface area contributed by atoms with Gasteiger partial charge < -0.3 is 10.5 Å². The van der Waals surface area contributed by atoms with Crippen LogP contribution in [0, 0.1) is 0 Å². The molecule has 0 aliphatic rings. The molecule has 0 N–H and O–H groups in total. The van der Waals surface area contributed by atoms with Gasteiger partial charge in [0.15, 0.2) is 0 Å². The fourth-order valence-corrected chi connectivity index (χ4v) is 0. The minimum Gasteiger partial charge on any atom is -1.00 e. The Bertz CT molecular complexity index is 9.51. The zero-order chi connectivity index (χ0) is 2.00. The van der Waals surface area contributed by atoms with Crippen LogP contribution in [0.15, 0.2) is 0 Å². The second-order valence-electron chi connectivity index (χ2n) is 0. The molecular formula is H2Cl2Na2O2. The van der Waals surface area contributed by atoms with Crippen molar-refractivity contribution in [1.82, 2.24) is 0 Å². The van der Waals surface area contributed by atoms with Gasteiger partial charge in [-0.15, -0.1) is 24.8 Å². The standard InChI is InChI=1S/2ClH.2Na.O2/c;;;;1-2/h2*1H;;;/q;;2*+1;-2. The van der Waals surface area contributed by atoms with Gasteiger partial charge >= 0.3 is 59.1 Å². The van der Waals surface area contributed by atoms with Gasteiger partial charge in [0.1, 0.15) is 0 Å². The fourth-order valence-electron chi connectivity index (χ4n) is 0. The quantitative estimate of drug-likeness (QED) is 0.196. The number of rotatable bonds is 0. The van der Waals surface area contributed by atoms with Crippen molar-refractivity contribution in [3.8, 4) is 0 Å². The third-order valence-corrected chi connectivity index (χ3v) is 0. The van der Waals surface area contributed by atoms with Crippen molar-refractivity contribution in [2.24, 2.45) is 0 Å². The molecule has 0 aromatic rings. The topological polar surface area (TPSA) is 46.1 Å². The number of halogens is 2. The van der Waals surface area contributed by atoms with Crippen LogP contribution in [-0.4, -0.2) is 0 Å². The van der Waals surface area contributed by atoms with Crippen molar-refractivity contribution in [1.29, 1.82) is 0 Å². The Morgan fingerprint density at radius 2 is 0.667 bits per heavy atom. The van der Waals surface area contributed by atoms with E-state index in [1.165, 1.54) is 0 Å². The first-order valence-electron chi connectivity index (χ1n) is 0.167. The van der Waals surface area contributed by atoms with Gasteiger partial charge in [0.25, 0.3) is 0 Å². The van der Waals surface area contributed by atoms with E-state index in [0.717, 1.165) is 0 Å². The van der Waals surface area contributed by atoms with Gasteiger partial charge in [0.2, 0.25) is 0 Å². The van der Waals surface area contributed by atoms with Crippen molar-refractivity contribution < 1.29 is 69.6 Å². The maximum Gasteiger partial charge on any atom is 1.00 e. The van der Waals surface area contributed by atoms with Gasteiger partial charge in [-0.3, -0.25) is 0 Å². The molecule has 0 rings (SSSR count). The van der Waals surface area contributed by atoms with Crippen molar-refractivity contribution >= 4 is 24.8 Å². The summed E-state index contributed by atoms with van der Waals surface area (Å²) in [6, 6.07) is 0. The average molecular weight is 151 g/mol. The molecule has 0 fully saturated rings. The van der Waals surface area contributed by atoms with Gasteiger partial charge in [0.05, 0.1) is 0 Å². The van der Waals surface area contributed by atoms with E-state index in [1.807, 2.05) is 0 Å². The Kier molecular flexibility index (Phi) is 330. The van der Waals surface area contributed by atoms with Crippen LogP contribution in [0.5, 0.6) is 0 Å². The molecule has 0 heterocycles. The maximum atomic E-state index is 7.00. The molecule has 0 unspecified atom stereocenters. The summed E-state index contributed by atoms with van der Waals surface area (Å²) in [7, 11) is 0. The van der Waals surface area contributed by atoms with Gasteiger partial charge in [0, 0.05) is 0 Å². The molecular weight excluding hydrogens is 149 g/mol. The molecule has 0 aliphatic heterocycles. The van der Waals surface area contributed by atoms with Crippen LogP contribution in [0.4, 0.5) is 0 Å². The van der Waals surface area contributed by atoms with Crippen LogP contribution in [0.1, 0.15) is 0 Å². The summed E-state index contributed by atoms with van der Waals surface area (Å²) in [5.41, 5.74) is 0. The second kappa shape index (κ2) is 50.7. The summed E-state index contributed by atoms with van der Waals surface area (Å²) >= 11 is 0. The van der Waals surface area contributed by atoms with Gasteiger partial charge in [-0.25, -0.2) is 0 Å². The van der Waals surface area contributed by atoms with Crippen LogP contribution in [0.3, 0.4) is 0 Å². The summed E-state index contributed by atoms with van der Waals surface area (Å²) in [4.78, 5) is 0. The molecule has 0 saturated heterocycles. The molecule has 30 valence electrons. The summed E-state index contributed by atoms with van der Waals surface area (Å²) in [5.74, 6) is 0. The third-order valence-electron chi connectivity index (χ3n) is 0. The van der Waals surface area contributed by atoms with Crippen LogP contribution >= 0.6 is 24.8 Å². The van der Waals surface area contributed by atoms with Gasteiger partial charge in [-0.05, 0) is 0 Å². The van der Waals surface area contributed by atoms with E-state index in [1.54, 1.807) is 0 Å². The molecule has 0 saturated carbocycles. The van der Waals surface area contributed by atoms with Gasteiger partial charge in [-0.1, -0.05) is 0 Å². The first kappa shape index (κ1) is 39.0. The normalized spacial score (nSPS) is 1.00. The van der Waals surface area contributed by atoms with Crippen LogP contribution in [-0.2, 0) is 0 Å². The summed E-state index contributed by atoms with van der Waals surface area (Å²) in [6.45, 7) is 0. The van der Waals surface area contributed by atoms with Crippen molar-refractivity contribution in [2.45, 2.75) is 0 Å². The SMILES string of the molecule is Cl.Cl.[Na+].[Na+].[O-][O-]. The zero-order valence-electron chi connectivity index (χ0n) is 3.63. The smallest absolute Gasteiger partial charge is 1.00 e. The van der Waals surface area contributed by atoms with Crippen LogP contribution in [0.25, 0.3) is 0 Å². The third kappa shape index (κ3) is 31.5. The molecule has 6 heteroatoms. The minimum atomic E-state index is 0. The van der Waals surface area contributed by atoms with E-state index in [-0.39, 0.29) is 83.9 Å². The Balaban J connectivity index is -0.000000000833. The van der Waals surface area contributed by atoms with E-state index in [9.17, 15) is 0 Å². The van der Waals surface area contributed by atoms with Crippen LogP contribution in [0.2, 0.25) is 0 Å². The molecule has 0 spiro atoms. The van der Waals surface area contributed by atoms with E-state index in [4.69, 9.17) is 10.5 Å². The Morgan fingerprint density at radius 3 is 0.667 bits per heavy atom. The predicted molar refractivity (Wildman–Crippen MR) is 14.5 cm³/mol. The summed E-state index contributed by atoms with van der Waals surface area (Å²) < 4.78 is 0. The van der Waals surface area contributed by atoms with Crippen LogP contribution < -0.4 is 69.6 Å². The Morgan fingerprint density at radius 1 is 0.667 bits per heavy atom. The molecule has 0 bridgehead atoms. The van der Waals surface area contributed by atoms with Crippen molar-refractivity contribution in [2.75, 3.05) is 0 Å².